The van der Waals surface area contributed by atoms with Crippen molar-refractivity contribution < 1.29 is 19.7 Å². The van der Waals surface area contributed by atoms with Crippen molar-refractivity contribution in [2.24, 2.45) is 10.8 Å². The lowest BCUT2D eigenvalue weighted by Gasteiger charge is -2.40. The maximum Gasteiger partial charge on any atom is 0.161 e. The van der Waals surface area contributed by atoms with Crippen LogP contribution in [0.2, 0.25) is 0 Å². The maximum atomic E-state index is 13.1. The van der Waals surface area contributed by atoms with E-state index in [1.807, 2.05) is 76.3 Å². The van der Waals surface area contributed by atoms with E-state index in [1.54, 1.807) is 0 Å². The van der Waals surface area contributed by atoms with Gasteiger partial charge in [-0.25, -0.2) is 0 Å². The minimum absolute atomic E-state index is 0.0940. The summed E-state index contributed by atoms with van der Waals surface area (Å²) in [6.07, 6.45) is 22.4. The number of hydrogen-bond donors (Lipinski definition) is 2. The Labute approximate surface area is 266 Å². The van der Waals surface area contributed by atoms with Crippen molar-refractivity contribution in [3.63, 3.8) is 0 Å². The average Bonchev–Trinajstić information content (AvgIpc) is 3.49. The summed E-state index contributed by atoms with van der Waals surface area (Å²) in [5.74, 6) is 6.75. The summed E-state index contributed by atoms with van der Waals surface area (Å²) in [6.45, 7) is 20.6. The zero-order chi connectivity index (χ0) is 32.9. The predicted octanol–water partition coefficient (Wildman–Crippen LogP) is 8.61. The van der Waals surface area contributed by atoms with Crippen LogP contribution in [0.4, 0.5) is 0 Å². The highest BCUT2D eigenvalue weighted by molar-refractivity contribution is 5.96. The topological polar surface area (TPSA) is 70.1 Å². The van der Waals surface area contributed by atoms with Gasteiger partial charge in [-0.1, -0.05) is 117 Å². The van der Waals surface area contributed by atoms with E-state index in [9.17, 15) is 15.0 Å². The number of epoxide rings is 1. The third-order valence-corrected chi connectivity index (χ3v) is 9.54. The molecule has 44 heavy (non-hydrogen) atoms. The Hall–Kier alpha value is -2.97. The predicted molar refractivity (Wildman–Crippen MR) is 183 cm³/mol. The molecule has 1 saturated carbocycles. The van der Waals surface area contributed by atoms with Crippen molar-refractivity contribution >= 4 is 5.78 Å². The first-order valence-electron chi connectivity index (χ1n) is 15.9. The minimum Gasteiger partial charge on any atom is -0.393 e. The second-order valence-electron chi connectivity index (χ2n) is 14.7. The standard InChI is InChI=1S/C40H54O4/c1-28(17-13-18-30(3)21-22-35-32(5)23-33(41)24-37(35,6)7)15-11-12-16-29(2)19-14-20-31(4)36(43)27-40-38(8,9)25-34(42)26-39(40,10)44-40/h11-20,33-34,41-42H,23-27H2,1-10H3/b12-11?,17-13+,19-14?,28-15?,29-16?,30-18+,31-20?/t33-,34+,39-,40+/m1/s1. The second-order valence-corrected chi connectivity index (χ2v) is 14.7. The zero-order valence-electron chi connectivity index (χ0n) is 28.7. The first-order chi connectivity index (χ1) is 20.4. The number of fused-ring (bicyclic) bond motifs is 1. The molecule has 4 heteroatoms. The van der Waals surface area contributed by atoms with Crippen LogP contribution < -0.4 is 0 Å². The van der Waals surface area contributed by atoms with Crippen LogP contribution >= 0.6 is 0 Å². The molecule has 0 radical (unpaired) electrons. The fourth-order valence-corrected chi connectivity index (χ4v) is 7.11. The molecule has 1 aliphatic heterocycles. The Bertz CT molecular complexity index is 1420. The molecule has 2 N–H and O–H groups in total. The maximum absolute atomic E-state index is 13.1. The molecule has 238 valence electrons. The van der Waals surface area contributed by atoms with Crippen molar-refractivity contribution in [3.8, 4) is 11.8 Å². The molecule has 0 spiro atoms. The van der Waals surface area contributed by atoms with E-state index in [1.165, 1.54) is 5.57 Å². The van der Waals surface area contributed by atoms with Crippen molar-refractivity contribution in [2.75, 3.05) is 0 Å². The Morgan fingerprint density at radius 3 is 2.00 bits per heavy atom. The lowest BCUT2D eigenvalue weighted by atomic mass is 9.61. The van der Waals surface area contributed by atoms with E-state index >= 15 is 0 Å². The monoisotopic (exact) mass is 598 g/mol. The number of Topliss-reactive ketones (excluding diaryl/α,β-unsaturated/α-hetero) is 1. The summed E-state index contributed by atoms with van der Waals surface area (Å²) in [5, 5.41) is 20.3. The van der Waals surface area contributed by atoms with E-state index in [0.29, 0.717) is 31.3 Å². The Balaban J connectivity index is 1.51. The largest absolute Gasteiger partial charge is 0.393 e. The van der Waals surface area contributed by atoms with Crippen molar-refractivity contribution in [1.29, 1.82) is 0 Å². The number of hydrogen-bond acceptors (Lipinski definition) is 4. The van der Waals surface area contributed by atoms with Gasteiger partial charge in [0, 0.05) is 23.8 Å². The number of carbonyl (C=O) groups excluding carboxylic acids is 1. The summed E-state index contributed by atoms with van der Waals surface area (Å²) in [5.41, 5.74) is 5.00. The van der Waals surface area contributed by atoms with Gasteiger partial charge in [-0.3, -0.25) is 4.79 Å². The highest BCUT2D eigenvalue weighted by Gasteiger charge is 2.76. The van der Waals surface area contributed by atoms with Crippen LogP contribution in [0.3, 0.4) is 0 Å². The fourth-order valence-electron chi connectivity index (χ4n) is 7.11. The molecular weight excluding hydrogens is 544 g/mol. The van der Waals surface area contributed by atoms with Gasteiger partial charge in [0.25, 0.3) is 0 Å². The van der Waals surface area contributed by atoms with Crippen LogP contribution in [0.5, 0.6) is 0 Å². The molecule has 0 aromatic rings. The summed E-state index contributed by atoms with van der Waals surface area (Å²) in [7, 11) is 0. The van der Waals surface area contributed by atoms with E-state index in [-0.39, 0.29) is 28.8 Å². The molecule has 4 atom stereocenters. The number of aliphatic hydroxyl groups excluding tert-OH is 2. The fraction of sp³-hybridized carbons (Fsp3) is 0.525. The Kier molecular flexibility index (Phi) is 11.3. The van der Waals surface area contributed by atoms with Gasteiger partial charge in [-0.2, -0.15) is 0 Å². The lowest BCUT2D eigenvalue weighted by Crippen LogP contribution is -2.48. The quantitative estimate of drug-likeness (QED) is 0.121. The summed E-state index contributed by atoms with van der Waals surface area (Å²) in [4.78, 5) is 13.1. The van der Waals surface area contributed by atoms with Gasteiger partial charge in [-0.05, 0) is 77.4 Å². The van der Waals surface area contributed by atoms with Crippen LogP contribution in [0.1, 0.15) is 101 Å². The molecule has 2 aliphatic carbocycles. The van der Waals surface area contributed by atoms with E-state index in [2.05, 4.69) is 65.5 Å². The molecule has 4 nitrogen and oxygen atoms in total. The second kappa shape index (κ2) is 14.0. The van der Waals surface area contributed by atoms with E-state index in [4.69, 9.17) is 4.74 Å². The molecule has 3 aliphatic rings. The van der Waals surface area contributed by atoms with Gasteiger partial charge in [0.05, 0.1) is 17.8 Å². The summed E-state index contributed by atoms with van der Waals surface area (Å²) in [6, 6.07) is 0. The third-order valence-electron chi connectivity index (χ3n) is 9.54. The molecule has 0 aromatic carbocycles. The molecule has 1 saturated heterocycles. The number of ether oxygens (including phenoxy) is 1. The molecule has 3 rings (SSSR count). The van der Waals surface area contributed by atoms with Gasteiger partial charge in [-0.15, -0.1) is 0 Å². The number of rotatable bonds is 9. The highest BCUT2D eigenvalue weighted by Crippen LogP contribution is 2.67. The third kappa shape index (κ3) is 8.60. The minimum atomic E-state index is -0.491. The molecular formula is C40H54O4. The first kappa shape index (κ1) is 35.5. The van der Waals surface area contributed by atoms with Gasteiger partial charge in [0.1, 0.15) is 5.60 Å². The number of ketones is 1. The number of allylic oxidation sites excluding steroid dienone is 15. The lowest BCUT2D eigenvalue weighted by molar-refractivity contribution is -0.118. The van der Waals surface area contributed by atoms with Crippen molar-refractivity contribution in [2.45, 2.75) is 125 Å². The van der Waals surface area contributed by atoms with Crippen molar-refractivity contribution in [1.82, 2.24) is 0 Å². The van der Waals surface area contributed by atoms with Crippen LogP contribution in [0, 0.1) is 22.7 Å². The Morgan fingerprint density at radius 2 is 1.43 bits per heavy atom. The molecule has 0 aromatic heterocycles. The van der Waals surface area contributed by atoms with Gasteiger partial charge >= 0.3 is 0 Å². The first-order valence-corrected chi connectivity index (χ1v) is 15.9. The SMILES string of the molecule is CC(C=CC=C(C)C(=O)C[C@@]12O[C@]1(C)C[C@@H](O)CC2(C)C)=CC=CC=C(C)/C=C/C=C(\C)C#CC1=C(C)C[C@@H](O)CC1(C)C. The average molecular weight is 599 g/mol. The zero-order valence-corrected chi connectivity index (χ0v) is 28.7. The normalized spacial score (nSPS) is 31.0. The summed E-state index contributed by atoms with van der Waals surface area (Å²) < 4.78 is 6.18. The van der Waals surface area contributed by atoms with Crippen molar-refractivity contribution in [3.05, 3.63) is 94.2 Å². The van der Waals surface area contributed by atoms with Crippen LogP contribution in [0.25, 0.3) is 0 Å². The molecule has 0 amide bonds. The molecule has 2 fully saturated rings. The number of carbonyl (C=O) groups is 1. The van der Waals surface area contributed by atoms with Crippen LogP contribution in [-0.2, 0) is 9.53 Å². The van der Waals surface area contributed by atoms with E-state index < -0.39 is 11.2 Å². The van der Waals surface area contributed by atoms with Crippen LogP contribution in [-0.4, -0.2) is 39.4 Å². The molecule has 1 heterocycles. The smallest absolute Gasteiger partial charge is 0.161 e. The molecule has 0 bridgehead atoms. The van der Waals surface area contributed by atoms with Crippen LogP contribution in [0.15, 0.2) is 94.2 Å². The summed E-state index contributed by atoms with van der Waals surface area (Å²) >= 11 is 0. The van der Waals surface area contributed by atoms with Gasteiger partial charge in [0.15, 0.2) is 5.78 Å². The highest BCUT2D eigenvalue weighted by atomic mass is 16.6. The molecule has 0 unspecified atom stereocenters. The Morgan fingerprint density at radius 1 is 0.841 bits per heavy atom. The number of aliphatic hydroxyl groups is 2. The van der Waals surface area contributed by atoms with E-state index in [0.717, 1.165) is 28.7 Å². The van der Waals surface area contributed by atoms with Gasteiger partial charge < -0.3 is 14.9 Å². The van der Waals surface area contributed by atoms with Gasteiger partial charge in [0.2, 0.25) is 0 Å².